The lowest BCUT2D eigenvalue weighted by Crippen LogP contribution is -2.35. The molecule has 2 aromatic rings. The minimum atomic E-state index is -0.428. The fraction of sp³-hybridized carbons (Fsp3) is 0.417. The highest BCUT2D eigenvalue weighted by Crippen LogP contribution is 2.31. The van der Waals surface area contributed by atoms with E-state index in [9.17, 15) is 14.9 Å². The molecule has 9 heteroatoms. The molecule has 110 valence electrons. The van der Waals surface area contributed by atoms with E-state index in [4.69, 9.17) is 0 Å². The van der Waals surface area contributed by atoms with Crippen LogP contribution in [0.3, 0.4) is 0 Å². The van der Waals surface area contributed by atoms with Crippen LogP contribution >= 0.6 is 0 Å². The van der Waals surface area contributed by atoms with Crippen LogP contribution in [0.2, 0.25) is 0 Å². The van der Waals surface area contributed by atoms with Crippen molar-refractivity contribution in [2.45, 2.75) is 18.8 Å². The first-order chi connectivity index (χ1) is 10.1. The van der Waals surface area contributed by atoms with Gasteiger partial charge in [0, 0.05) is 31.3 Å². The topological polar surface area (TPSA) is 121 Å². The summed E-state index contributed by atoms with van der Waals surface area (Å²) in [6.07, 6.45) is 3.27. The number of hydrogen-bond acceptors (Lipinski definition) is 6. The van der Waals surface area contributed by atoms with Crippen LogP contribution in [0.15, 0.2) is 23.1 Å². The number of aromatic nitrogens is 4. The summed E-state index contributed by atoms with van der Waals surface area (Å²) >= 11 is 0. The number of piperidine rings is 1. The average Bonchev–Trinajstić information content (AvgIpc) is 2.94. The van der Waals surface area contributed by atoms with Gasteiger partial charge in [0.2, 0.25) is 5.82 Å². The number of hydrogen-bond donors (Lipinski definition) is 2. The van der Waals surface area contributed by atoms with Crippen molar-refractivity contribution in [3.05, 3.63) is 44.8 Å². The van der Waals surface area contributed by atoms with Crippen molar-refractivity contribution < 1.29 is 4.92 Å². The molecule has 0 aliphatic carbocycles. The van der Waals surface area contributed by atoms with Crippen LogP contribution in [-0.2, 0) is 0 Å². The van der Waals surface area contributed by atoms with Crippen LogP contribution < -0.4 is 10.6 Å². The number of rotatable bonds is 3. The summed E-state index contributed by atoms with van der Waals surface area (Å²) < 4.78 is 0. The second-order valence-corrected chi connectivity index (χ2v) is 4.95. The molecule has 0 bridgehead atoms. The van der Waals surface area contributed by atoms with Gasteiger partial charge in [0.1, 0.15) is 5.82 Å². The molecule has 1 fully saturated rings. The third kappa shape index (κ3) is 2.62. The zero-order valence-electron chi connectivity index (χ0n) is 11.2. The van der Waals surface area contributed by atoms with E-state index in [1.165, 1.54) is 6.07 Å². The van der Waals surface area contributed by atoms with Gasteiger partial charge in [-0.25, -0.2) is 14.9 Å². The molecule has 0 spiro atoms. The highest BCUT2D eigenvalue weighted by molar-refractivity contribution is 5.57. The molecule has 3 rings (SSSR count). The van der Waals surface area contributed by atoms with Gasteiger partial charge in [-0.2, -0.15) is 5.10 Å². The number of aromatic amines is 2. The average molecular weight is 290 g/mol. The predicted octanol–water partition coefficient (Wildman–Crippen LogP) is 0.785. The number of anilines is 1. The van der Waals surface area contributed by atoms with Crippen LogP contribution in [0.1, 0.15) is 24.6 Å². The Hall–Kier alpha value is -2.71. The zero-order valence-corrected chi connectivity index (χ0v) is 11.2. The monoisotopic (exact) mass is 290 g/mol. The highest BCUT2D eigenvalue weighted by atomic mass is 16.6. The van der Waals surface area contributed by atoms with Crippen molar-refractivity contribution in [2.75, 3.05) is 18.0 Å². The first kappa shape index (κ1) is 13.3. The number of pyridine rings is 1. The maximum absolute atomic E-state index is 11.1. The fourth-order valence-corrected chi connectivity index (χ4v) is 2.64. The molecular weight excluding hydrogens is 276 g/mol. The molecule has 2 aromatic heterocycles. The largest absolute Gasteiger partial charge is 0.350 e. The van der Waals surface area contributed by atoms with Gasteiger partial charge in [0.25, 0.3) is 0 Å². The molecule has 9 nitrogen and oxygen atoms in total. The number of nitrogens with zero attached hydrogens (tertiary/aromatic N) is 4. The summed E-state index contributed by atoms with van der Waals surface area (Å²) in [5.41, 5.74) is -0.348. The first-order valence-corrected chi connectivity index (χ1v) is 6.64. The van der Waals surface area contributed by atoms with Crippen molar-refractivity contribution in [1.82, 2.24) is 20.2 Å². The Morgan fingerprint density at radius 3 is 3.05 bits per heavy atom. The summed E-state index contributed by atoms with van der Waals surface area (Å²) in [5, 5.41) is 17.4. The van der Waals surface area contributed by atoms with Crippen molar-refractivity contribution in [1.29, 1.82) is 0 Å². The second kappa shape index (κ2) is 5.35. The van der Waals surface area contributed by atoms with E-state index in [2.05, 4.69) is 20.2 Å². The molecule has 1 atom stereocenters. The van der Waals surface area contributed by atoms with Gasteiger partial charge >= 0.3 is 11.4 Å². The molecule has 1 aliphatic heterocycles. The Morgan fingerprint density at radius 1 is 1.48 bits per heavy atom. The van der Waals surface area contributed by atoms with Gasteiger partial charge in [-0.15, -0.1) is 0 Å². The Balaban J connectivity index is 1.87. The van der Waals surface area contributed by atoms with Crippen LogP contribution in [0.4, 0.5) is 11.5 Å². The molecule has 0 amide bonds. The second-order valence-electron chi connectivity index (χ2n) is 4.95. The summed E-state index contributed by atoms with van der Waals surface area (Å²) in [6.45, 7) is 1.24. The number of nitrogens with one attached hydrogen (secondary N) is 2. The van der Waals surface area contributed by atoms with Crippen LogP contribution in [0.5, 0.6) is 0 Å². The molecule has 0 aromatic carbocycles. The van der Waals surface area contributed by atoms with E-state index in [1.54, 1.807) is 12.3 Å². The lowest BCUT2D eigenvalue weighted by atomic mass is 9.97. The highest BCUT2D eigenvalue weighted by Gasteiger charge is 2.28. The third-order valence-corrected chi connectivity index (χ3v) is 3.59. The fourth-order valence-electron chi connectivity index (χ4n) is 2.64. The lowest BCUT2D eigenvalue weighted by Gasteiger charge is -2.32. The molecule has 21 heavy (non-hydrogen) atoms. The first-order valence-electron chi connectivity index (χ1n) is 6.64. The Labute approximate surface area is 119 Å². The van der Waals surface area contributed by atoms with Crippen LogP contribution in [0, 0.1) is 10.1 Å². The molecular formula is C12H14N6O3. The van der Waals surface area contributed by atoms with Gasteiger partial charge in [-0.05, 0) is 18.9 Å². The van der Waals surface area contributed by atoms with Gasteiger partial charge in [-0.3, -0.25) is 15.1 Å². The van der Waals surface area contributed by atoms with Crippen molar-refractivity contribution in [3.8, 4) is 0 Å². The van der Waals surface area contributed by atoms with Gasteiger partial charge in [-0.1, -0.05) is 0 Å². The Morgan fingerprint density at radius 2 is 2.33 bits per heavy atom. The SMILES string of the molecule is O=c1[nH]nc(C2CCCN(c3ncccc3[N+](=O)[O-])C2)[nH]1. The van der Waals surface area contributed by atoms with Gasteiger partial charge < -0.3 is 4.90 Å². The van der Waals surface area contributed by atoms with E-state index in [0.29, 0.717) is 24.7 Å². The van der Waals surface area contributed by atoms with Crippen LogP contribution in [-0.4, -0.2) is 38.2 Å². The molecule has 3 heterocycles. The Kier molecular flexibility index (Phi) is 3.38. The van der Waals surface area contributed by atoms with E-state index in [1.807, 2.05) is 4.90 Å². The van der Waals surface area contributed by atoms with E-state index < -0.39 is 4.92 Å². The van der Waals surface area contributed by atoms with Gasteiger partial charge in [0.15, 0.2) is 0 Å². The van der Waals surface area contributed by atoms with E-state index in [-0.39, 0.29) is 17.3 Å². The van der Waals surface area contributed by atoms with Crippen molar-refractivity contribution in [3.63, 3.8) is 0 Å². The minimum Gasteiger partial charge on any atom is -0.350 e. The quantitative estimate of drug-likeness (QED) is 0.636. The zero-order chi connectivity index (χ0) is 14.8. The summed E-state index contributed by atoms with van der Waals surface area (Å²) in [7, 11) is 0. The van der Waals surface area contributed by atoms with E-state index in [0.717, 1.165) is 12.8 Å². The maximum Gasteiger partial charge on any atom is 0.340 e. The molecule has 0 saturated carbocycles. The normalized spacial score (nSPS) is 18.7. The molecule has 0 radical (unpaired) electrons. The maximum atomic E-state index is 11.1. The van der Waals surface area contributed by atoms with Crippen molar-refractivity contribution >= 4 is 11.5 Å². The molecule has 1 unspecified atom stereocenters. The minimum absolute atomic E-state index is 0.00586. The summed E-state index contributed by atoms with van der Waals surface area (Å²) in [5.74, 6) is 0.979. The van der Waals surface area contributed by atoms with Gasteiger partial charge in [0.05, 0.1) is 4.92 Å². The Bertz CT molecular complexity index is 709. The lowest BCUT2D eigenvalue weighted by molar-refractivity contribution is -0.384. The van der Waals surface area contributed by atoms with Crippen molar-refractivity contribution in [2.24, 2.45) is 0 Å². The van der Waals surface area contributed by atoms with E-state index >= 15 is 0 Å². The molecule has 1 aliphatic rings. The summed E-state index contributed by atoms with van der Waals surface area (Å²) in [4.78, 5) is 30.5. The predicted molar refractivity (Wildman–Crippen MR) is 74.3 cm³/mol. The number of nitro groups is 1. The standard InChI is InChI=1S/C12H14N6O3/c19-12-14-10(15-16-12)8-3-2-6-17(7-8)11-9(18(20)21)4-1-5-13-11/h1,4-5,8H,2-3,6-7H2,(H2,14,15,16,19). The van der Waals surface area contributed by atoms with Crippen LogP contribution in [0.25, 0.3) is 0 Å². The molecule has 1 saturated heterocycles. The smallest absolute Gasteiger partial charge is 0.340 e. The molecule has 2 N–H and O–H groups in total. The third-order valence-electron chi connectivity index (χ3n) is 3.59. The summed E-state index contributed by atoms with van der Waals surface area (Å²) in [6, 6.07) is 3.00. The number of H-pyrrole nitrogens is 2.